The Balaban J connectivity index is 2.18. The van der Waals surface area contributed by atoms with Gasteiger partial charge in [0.25, 0.3) is 0 Å². The lowest BCUT2D eigenvalue weighted by atomic mass is 10.1. The lowest BCUT2D eigenvalue weighted by Gasteiger charge is -2.28. The van der Waals surface area contributed by atoms with Crippen LogP contribution in [0.2, 0.25) is 0 Å². The van der Waals surface area contributed by atoms with Gasteiger partial charge in [0.2, 0.25) is 11.8 Å². The van der Waals surface area contributed by atoms with Crippen molar-refractivity contribution < 1.29 is 4.74 Å². The quantitative estimate of drug-likeness (QED) is 0.795. The first-order valence-corrected chi connectivity index (χ1v) is 7.56. The van der Waals surface area contributed by atoms with E-state index in [9.17, 15) is 0 Å². The van der Waals surface area contributed by atoms with Gasteiger partial charge >= 0.3 is 0 Å². The summed E-state index contributed by atoms with van der Waals surface area (Å²) in [6.45, 7) is 4.97. The Morgan fingerprint density at radius 3 is 3.00 bits per heavy atom. The summed E-state index contributed by atoms with van der Waals surface area (Å²) in [7, 11) is 0. The summed E-state index contributed by atoms with van der Waals surface area (Å²) in [6, 6.07) is 2.13. The second kappa shape index (κ2) is 6.94. The van der Waals surface area contributed by atoms with Gasteiger partial charge in [-0.3, -0.25) is 0 Å². The maximum absolute atomic E-state index is 6.09. The first kappa shape index (κ1) is 14.4. The summed E-state index contributed by atoms with van der Waals surface area (Å²) >= 11 is 6.09. The number of anilines is 1. The smallest absolute Gasteiger partial charge is 0.228 e. The SMILES string of the molecule is CC(C)Oc1ccnc(N2CCCCCC2CCl)n1. The van der Waals surface area contributed by atoms with E-state index in [4.69, 9.17) is 16.3 Å². The molecule has 5 heteroatoms. The summed E-state index contributed by atoms with van der Waals surface area (Å²) < 4.78 is 5.64. The maximum Gasteiger partial charge on any atom is 0.228 e. The zero-order valence-electron chi connectivity index (χ0n) is 11.7. The van der Waals surface area contributed by atoms with Crippen LogP contribution >= 0.6 is 11.6 Å². The number of rotatable bonds is 4. The molecule has 1 saturated heterocycles. The minimum absolute atomic E-state index is 0.121. The summed E-state index contributed by atoms with van der Waals surface area (Å²) in [5, 5.41) is 0. The van der Waals surface area contributed by atoms with E-state index in [1.807, 2.05) is 13.8 Å². The predicted octanol–water partition coefficient (Wildman–Crippen LogP) is 3.25. The van der Waals surface area contributed by atoms with Gasteiger partial charge in [0, 0.05) is 30.7 Å². The first-order valence-electron chi connectivity index (χ1n) is 7.03. The number of nitrogens with zero attached hydrogens (tertiary/aromatic N) is 3. The average Bonchev–Trinajstić information content (AvgIpc) is 2.63. The molecule has 0 bridgehead atoms. The van der Waals surface area contributed by atoms with Gasteiger partial charge in [-0.05, 0) is 26.7 Å². The molecule has 1 fully saturated rings. The molecular formula is C14H22ClN3O. The molecule has 0 spiro atoms. The van der Waals surface area contributed by atoms with E-state index in [0.29, 0.717) is 17.8 Å². The van der Waals surface area contributed by atoms with Crippen LogP contribution in [-0.2, 0) is 0 Å². The number of alkyl halides is 1. The third-order valence-electron chi connectivity index (χ3n) is 3.29. The van der Waals surface area contributed by atoms with E-state index in [1.165, 1.54) is 19.3 Å². The molecule has 1 atom stereocenters. The molecule has 1 aliphatic rings. The number of hydrogen-bond acceptors (Lipinski definition) is 4. The monoisotopic (exact) mass is 283 g/mol. The molecule has 0 amide bonds. The maximum atomic E-state index is 6.09. The van der Waals surface area contributed by atoms with Crippen LogP contribution in [0.4, 0.5) is 5.95 Å². The van der Waals surface area contributed by atoms with Gasteiger partial charge < -0.3 is 9.64 Å². The Hall–Kier alpha value is -1.03. The molecule has 2 heterocycles. The summed E-state index contributed by atoms with van der Waals surface area (Å²) in [6.07, 6.45) is 6.66. The molecule has 1 aliphatic heterocycles. The highest BCUT2D eigenvalue weighted by molar-refractivity contribution is 6.18. The minimum atomic E-state index is 0.121. The average molecular weight is 284 g/mol. The van der Waals surface area contributed by atoms with Crippen LogP contribution < -0.4 is 9.64 Å². The fourth-order valence-electron chi connectivity index (χ4n) is 2.38. The van der Waals surface area contributed by atoms with Gasteiger partial charge in [0.1, 0.15) is 0 Å². The van der Waals surface area contributed by atoms with Crippen LogP contribution in [-0.4, -0.2) is 34.5 Å². The minimum Gasteiger partial charge on any atom is -0.475 e. The molecule has 1 aromatic rings. The Morgan fingerprint density at radius 2 is 2.26 bits per heavy atom. The van der Waals surface area contributed by atoms with Gasteiger partial charge in [0.05, 0.1) is 6.10 Å². The molecule has 1 unspecified atom stereocenters. The van der Waals surface area contributed by atoms with E-state index in [2.05, 4.69) is 14.9 Å². The summed E-state index contributed by atoms with van der Waals surface area (Å²) in [5.74, 6) is 2.00. The topological polar surface area (TPSA) is 38.2 Å². The Bertz CT molecular complexity index is 400. The van der Waals surface area contributed by atoms with E-state index in [0.717, 1.165) is 18.9 Å². The molecule has 19 heavy (non-hydrogen) atoms. The van der Waals surface area contributed by atoms with Crippen LogP contribution in [0.15, 0.2) is 12.3 Å². The molecule has 0 radical (unpaired) electrons. The third kappa shape index (κ3) is 3.96. The molecule has 0 saturated carbocycles. The molecule has 4 nitrogen and oxygen atoms in total. The lowest BCUT2D eigenvalue weighted by molar-refractivity contribution is 0.232. The van der Waals surface area contributed by atoms with Crippen LogP contribution in [0.3, 0.4) is 0 Å². The standard InChI is InChI=1S/C14H22ClN3O/c1-11(2)19-13-7-8-16-14(17-13)18-9-5-3-4-6-12(18)10-15/h7-8,11-12H,3-6,9-10H2,1-2H3. The van der Waals surface area contributed by atoms with Crippen molar-refractivity contribution in [3.63, 3.8) is 0 Å². The van der Waals surface area contributed by atoms with E-state index in [1.54, 1.807) is 12.3 Å². The van der Waals surface area contributed by atoms with Crippen LogP contribution in [0.5, 0.6) is 5.88 Å². The zero-order chi connectivity index (χ0) is 13.7. The fraction of sp³-hybridized carbons (Fsp3) is 0.714. The van der Waals surface area contributed by atoms with Gasteiger partial charge in [-0.2, -0.15) is 4.98 Å². The second-order valence-electron chi connectivity index (χ2n) is 5.21. The highest BCUT2D eigenvalue weighted by Gasteiger charge is 2.22. The van der Waals surface area contributed by atoms with E-state index < -0.39 is 0 Å². The summed E-state index contributed by atoms with van der Waals surface area (Å²) in [5.41, 5.74) is 0. The largest absolute Gasteiger partial charge is 0.475 e. The highest BCUT2D eigenvalue weighted by atomic mass is 35.5. The fourth-order valence-corrected chi connectivity index (χ4v) is 2.70. The first-order chi connectivity index (χ1) is 9.20. The van der Waals surface area contributed by atoms with Crippen molar-refractivity contribution >= 4 is 17.5 Å². The third-order valence-corrected chi connectivity index (χ3v) is 3.64. The molecule has 0 aliphatic carbocycles. The number of aromatic nitrogens is 2. The Morgan fingerprint density at radius 1 is 1.42 bits per heavy atom. The van der Waals surface area contributed by atoms with Crippen molar-refractivity contribution in [1.29, 1.82) is 0 Å². The number of hydrogen-bond donors (Lipinski definition) is 0. The molecular weight excluding hydrogens is 262 g/mol. The second-order valence-corrected chi connectivity index (χ2v) is 5.52. The van der Waals surface area contributed by atoms with Crippen molar-refractivity contribution in [1.82, 2.24) is 9.97 Å². The highest BCUT2D eigenvalue weighted by Crippen LogP contribution is 2.23. The molecule has 0 N–H and O–H groups in total. The van der Waals surface area contributed by atoms with Gasteiger partial charge in [-0.15, -0.1) is 11.6 Å². The van der Waals surface area contributed by atoms with Crippen LogP contribution in [0, 0.1) is 0 Å². The van der Waals surface area contributed by atoms with Gasteiger partial charge in [-0.25, -0.2) is 4.98 Å². The van der Waals surface area contributed by atoms with Crippen molar-refractivity contribution in [2.75, 3.05) is 17.3 Å². The van der Waals surface area contributed by atoms with E-state index >= 15 is 0 Å². The predicted molar refractivity (Wildman–Crippen MR) is 78.1 cm³/mol. The Labute approximate surface area is 120 Å². The number of ether oxygens (including phenoxy) is 1. The molecule has 0 aromatic carbocycles. The lowest BCUT2D eigenvalue weighted by Crippen LogP contribution is -2.37. The number of halogens is 1. The van der Waals surface area contributed by atoms with Crippen molar-refractivity contribution in [2.45, 2.75) is 51.7 Å². The van der Waals surface area contributed by atoms with Crippen molar-refractivity contribution in [3.8, 4) is 5.88 Å². The van der Waals surface area contributed by atoms with Gasteiger partial charge in [0.15, 0.2) is 0 Å². The van der Waals surface area contributed by atoms with Crippen molar-refractivity contribution in [3.05, 3.63) is 12.3 Å². The van der Waals surface area contributed by atoms with Crippen LogP contribution in [0.25, 0.3) is 0 Å². The summed E-state index contributed by atoms with van der Waals surface area (Å²) in [4.78, 5) is 11.1. The Kier molecular flexibility index (Phi) is 5.25. The zero-order valence-corrected chi connectivity index (χ0v) is 12.4. The normalized spacial score (nSPS) is 20.4. The molecule has 2 rings (SSSR count). The molecule has 106 valence electrons. The van der Waals surface area contributed by atoms with Gasteiger partial charge in [-0.1, -0.05) is 12.8 Å². The van der Waals surface area contributed by atoms with E-state index in [-0.39, 0.29) is 6.10 Å². The van der Waals surface area contributed by atoms with Crippen LogP contribution in [0.1, 0.15) is 39.5 Å². The van der Waals surface area contributed by atoms with Crippen molar-refractivity contribution in [2.24, 2.45) is 0 Å². The molecule has 1 aromatic heterocycles.